The number of nitrogens with two attached hydrogens (primary N) is 1. The van der Waals surface area contributed by atoms with Gasteiger partial charge in [-0.25, -0.2) is 0 Å². The summed E-state index contributed by atoms with van der Waals surface area (Å²) in [6, 6.07) is 5.38. The van der Waals surface area contributed by atoms with Crippen molar-refractivity contribution < 1.29 is 4.79 Å². The minimum Gasteiger partial charge on any atom is -0.393 e. The third-order valence-corrected chi connectivity index (χ3v) is 3.45. The first-order valence-electron chi connectivity index (χ1n) is 5.64. The normalized spacial score (nSPS) is 12.0. The van der Waals surface area contributed by atoms with Crippen molar-refractivity contribution in [2.24, 2.45) is 11.7 Å². The van der Waals surface area contributed by atoms with E-state index in [1.807, 2.05) is 19.9 Å². The summed E-state index contributed by atoms with van der Waals surface area (Å²) in [7, 11) is 1.72. The van der Waals surface area contributed by atoms with Gasteiger partial charge >= 0.3 is 0 Å². The highest BCUT2D eigenvalue weighted by Gasteiger charge is 2.17. The average molecular weight is 285 g/mol. The fourth-order valence-corrected chi connectivity index (χ4v) is 1.97. The van der Waals surface area contributed by atoms with Gasteiger partial charge in [0.2, 0.25) is 0 Å². The van der Waals surface area contributed by atoms with Gasteiger partial charge in [-0.3, -0.25) is 4.79 Å². The van der Waals surface area contributed by atoms with Gasteiger partial charge < -0.3 is 10.6 Å². The third kappa shape index (κ3) is 3.68. The third-order valence-electron chi connectivity index (χ3n) is 2.74. The standard InChI is InChI=1S/C13H17ClN2OS/c1-8-4-5-10(11(14)6-8)13(17)16(3)7-9(2)12(15)18/h4-6,9H,7H2,1-3H3,(H2,15,18). The highest BCUT2D eigenvalue weighted by Crippen LogP contribution is 2.19. The zero-order valence-electron chi connectivity index (χ0n) is 10.7. The van der Waals surface area contributed by atoms with E-state index in [-0.39, 0.29) is 11.8 Å². The number of carbonyl (C=O) groups excluding carboxylic acids is 1. The van der Waals surface area contributed by atoms with Crippen molar-refractivity contribution in [2.45, 2.75) is 13.8 Å². The van der Waals surface area contributed by atoms with Crippen molar-refractivity contribution >= 4 is 34.7 Å². The fraction of sp³-hybridized carbons (Fsp3) is 0.385. The Morgan fingerprint density at radius 3 is 2.67 bits per heavy atom. The molecule has 1 atom stereocenters. The van der Waals surface area contributed by atoms with Crippen LogP contribution >= 0.6 is 23.8 Å². The molecule has 0 aliphatic rings. The number of hydrogen-bond donors (Lipinski definition) is 1. The van der Waals surface area contributed by atoms with Gasteiger partial charge in [-0.1, -0.05) is 36.8 Å². The van der Waals surface area contributed by atoms with Gasteiger partial charge in [-0.15, -0.1) is 0 Å². The molecule has 0 aliphatic carbocycles. The van der Waals surface area contributed by atoms with E-state index in [0.717, 1.165) is 5.56 Å². The van der Waals surface area contributed by atoms with Gasteiger partial charge in [-0.05, 0) is 24.6 Å². The zero-order chi connectivity index (χ0) is 13.9. The number of hydrogen-bond acceptors (Lipinski definition) is 2. The van der Waals surface area contributed by atoms with Gasteiger partial charge in [0.05, 0.1) is 15.6 Å². The Morgan fingerprint density at radius 1 is 1.56 bits per heavy atom. The lowest BCUT2D eigenvalue weighted by atomic mass is 10.1. The highest BCUT2D eigenvalue weighted by atomic mass is 35.5. The molecule has 0 saturated carbocycles. The van der Waals surface area contributed by atoms with E-state index in [9.17, 15) is 4.79 Å². The minimum atomic E-state index is -0.122. The molecule has 98 valence electrons. The SMILES string of the molecule is Cc1ccc(C(=O)N(C)CC(C)C(N)=S)c(Cl)c1. The quantitative estimate of drug-likeness (QED) is 0.865. The Hall–Kier alpha value is -1.13. The second-order valence-corrected chi connectivity index (χ2v) is 5.35. The number of carbonyl (C=O) groups is 1. The van der Waals surface area contributed by atoms with Crippen molar-refractivity contribution in [1.29, 1.82) is 0 Å². The summed E-state index contributed by atoms with van der Waals surface area (Å²) in [5.41, 5.74) is 7.06. The van der Waals surface area contributed by atoms with Gasteiger partial charge in [0.25, 0.3) is 5.91 Å². The van der Waals surface area contributed by atoms with Crippen LogP contribution in [-0.2, 0) is 0 Å². The highest BCUT2D eigenvalue weighted by molar-refractivity contribution is 7.80. The number of aryl methyl sites for hydroxylation is 1. The van der Waals surface area contributed by atoms with Crippen LogP contribution in [0.4, 0.5) is 0 Å². The summed E-state index contributed by atoms with van der Waals surface area (Å²) < 4.78 is 0. The molecule has 5 heteroatoms. The van der Waals surface area contributed by atoms with Gasteiger partial charge in [0.1, 0.15) is 0 Å². The maximum absolute atomic E-state index is 12.2. The smallest absolute Gasteiger partial charge is 0.255 e. The molecule has 0 saturated heterocycles. The lowest BCUT2D eigenvalue weighted by Gasteiger charge is -2.21. The predicted molar refractivity (Wildman–Crippen MR) is 79.1 cm³/mol. The molecule has 0 spiro atoms. The van der Waals surface area contributed by atoms with E-state index in [0.29, 0.717) is 22.1 Å². The molecule has 1 aromatic carbocycles. The van der Waals surface area contributed by atoms with Crippen molar-refractivity contribution in [3.05, 3.63) is 34.3 Å². The topological polar surface area (TPSA) is 46.3 Å². The van der Waals surface area contributed by atoms with E-state index in [4.69, 9.17) is 29.6 Å². The molecule has 18 heavy (non-hydrogen) atoms. The molecule has 0 fully saturated rings. The van der Waals surface area contributed by atoms with Crippen LogP contribution in [0, 0.1) is 12.8 Å². The van der Waals surface area contributed by atoms with E-state index in [2.05, 4.69) is 0 Å². The minimum absolute atomic E-state index is 0.0156. The number of rotatable bonds is 4. The largest absolute Gasteiger partial charge is 0.393 e. The monoisotopic (exact) mass is 284 g/mol. The van der Waals surface area contributed by atoms with Crippen LogP contribution in [0.15, 0.2) is 18.2 Å². The predicted octanol–water partition coefficient (Wildman–Crippen LogP) is 2.64. The average Bonchev–Trinajstić information content (AvgIpc) is 2.27. The van der Waals surface area contributed by atoms with E-state index >= 15 is 0 Å². The number of nitrogens with zero attached hydrogens (tertiary/aromatic N) is 1. The Labute approximate surface area is 118 Å². The van der Waals surface area contributed by atoms with Crippen LogP contribution in [-0.4, -0.2) is 29.4 Å². The van der Waals surface area contributed by atoms with Crippen LogP contribution < -0.4 is 5.73 Å². The first-order valence-corrected chi connectivity index (χ1v) is 6.42. The summed E-state index contributed by atoms with van der Waals surface area (Å²) in [6.07, 6.45) is 0. The molecule has 1 unspecified atom stereocenters. The molecule has 1 rings (SSSR count). The molecule has 0 heterocycles. The number of halogens is 1. The van der Waals surface area contributed by atoms with Gasteiger partial charge in [0, 0.05) is 19.5 Å². The second-order valence-electron chi connectivity index (χ2n) is 4.47. The summed E-state index contributed by atoms with van der Waals surface area (Å²) >= 11 is 11.0. The molecule has 0 aromatic heterocycles. The lowest BCUT2D eigenvalue weighted by molar-refractivity contribution is 0.0787. The first kappa shape index (κ1) is 14.9. The lowest BCUT2D eigenvalue weighted by Crippen LogP contribution is -2.35. The summed E-state index contributed by atoms with van der Waals surface area (Å²) in [4.78, 5) is 14.2. The Morgan fingerprint density at radius 2 is 2.17 bits per heavy atom. The van der Waals surface area contributed by atoms with Crippen LogP contribution in [0.5, 0.6) is 0 Å². The second kappa shape index (κ2) is 6.16. The number of thiocarbonyl (C=S) groups is 1. The van der Waals surface area contributed by atoms with Crippen LogP contribution in [0.3, 0.4) is 0 Å². The van der Waals surface area contributed by atoms with Crippen molar-refractivity contribution in [1.82, 2.24) is 4.90 Å². The van der Waals surface area contributed by atoms with Crippen LogP contribution in [0.2, 0.25) is 5.02 Å². The molecule has 0 radical (unpaired) electrons. The molecule has 3 nitrogen and oxygen atoms in total. The van der Waals surface area contributed by atoms with Gasteiger partial charge in [0.15, 0.2) is 0 Å². The Bertz CT molecular complexity index is 476. The van der Waals surface area contributed by atoms with Gasteiger partial charge in [-0.2, -0.15) is 0 Å². The molecule has 2 N–H and O–H groups in total. The van der Waals surface area contributed by atoms with E-state index in [1.165, 1.54) is 0 Å². The molecule has 1 amide bonds. The van der Waals surface area contributed by atoms with Crippen molar-refractivity contribution in [3.63, 3.8) is 0 Å². The maximum atomic E-state index is 12.2. The Kier molecular flexibility index (Phi) is 5.11. The van der Waals surface area contributed by atoms with Crippen LogP contribution in [0.25, 0.3) is 0 Å². The molecule has 1 aromatic rings. The van der Waals surface area contributed by atoms with Crippen LogP contribution in [0.1, 0.15) is 22.8 Å². The molecular formula is C13H17ClN2OS. The van der Waals surface area contributed by atoms with Crippen molar-refractivity contribution in [3.8, 4) is 0 Å². The molecule has 0 aliphatic heterocycles. The van der Waals surface area contributed by atoms with E-state index in [1.54, 1.807) is 24.1 Å². The fourth-order valence-electron chi connectivity index (χ4n) is 1.58. The number of amides is 1. The molecular weight excluding hydrogens is 268 g/mol. The maximum Gasteiger partial charge on any atom is 0.255 e. The Balaban J connectivity index is 2.83. The first-order chi connectivity index (χ1) is 8.32. The van der Waals surface area contributed by atoms with E-state index < -0.39 is 0 Å². The number of benzene rings is 1. The van der Waals surface area contributed by atoms with Crippen molar-refractivity contribution in [2.75, 3.05) is 13.6 Å². The molecule has 0 bridgehead atoms. The zero-order valence-corrected chi connectivity index (χ0v) is 12.3. The summed E-state index contributed by atoms with van der Waals surface area (Å²) in [5, 5.41) is 0.467. The summed E-state index contributed by atoms with van der Waals surface area (Å²) in [6.45, 7) is 4.31. The summed E-state index contributed by atoms with van der Waals surface area (Å²) in [5.74, 6) is -0.138.